The number of hydrogen-bond acceptors (Lipinski definition) is 4. The van der Waals surface area contributed by atoms with Crippen LogP contribution in [0.25, 0.3) is 0 Å². The summed E-state index contributed by atoms with van der Waals surface area (Å²) < 4.78 is 22.3. The van der Waals surface area contributed by atoms with Crippen LogP contribution in [0.2, 0.25) is 0 Å². The average molecular weight is 309 g/mol. The Hall–Kier alpha value is -1.84. The lowest BCUT2D eigenvalue weighted by Gasteiger charge is -2.12. The van der Waals surface area contributed by atoms with Gasteiger partial charge in [0.2, 0.25) is 0 Å². The van der Waals surface area contributed by atoms with Gasteiger partial charge in [-0.1, -0.05) is 17.9 Å². The molecule has 0 radical (unpaired) electrons. The van der Waals surface area contributed by atoms with Crippen molar-refractivity contribution in [3.05, 3.63) is 35.4 Å². The summed E-state index contributed by atoms with van der Waals surface area (Å²) in [5, 5.41) is 11.3. The molecule has 114 valence electrons. The molecule has 0 aliphatic heterocycles. The molecule has 0 spiro atoms. The van der Waals surface area contributed by atoms with Crippen molar-refractivity contribution >= 4 is 15.7 Å². The maximum absolute atomic E-state index is 12.0. The van der Waals surface area contributed by atoms with Gasteiger partial charge < -0.3 is 10.4 Å². The van der Waals surface area contributed by atoms with Crippen LogP contribution in [0, 0.1) is 11.8 Å². The van der Waals surface area contributed by atoms with Crippen molar-refractivity contribution in [1.82, 2.24) is 5.32 Å². The lowest BCUT2D eigenvalue weighted by Crippen LogP contribution is -2.37. The normalized spacial score (nSPS) is 12.1. The molecule has 6 heteroatoms. The van der Waals surface area contributed by atoms with Gasteiger partial charge >= 0.3 is 0 Å². The second-order valence-corrected chi connectivity index (χ2v) is 7.01. The molecular formula is C15H19NO4S. The Morgan fingerprint density at radius 2 is 2.14 bits per heavy atom. The zero-order valence-corrected chi connectivity index (χ0v) is 12.9. The van der Waals surface area contributed by atoms with E-state index in [1.54, 1.807) is 31.2 Å². The van der Waals surface area contributed by atoms with Crippen LogP contribution >= 0.6 is 0 Å². The van der Waals surface area contributed by atoms with Gasteiger partial charge in [-0.25, -0.2) is 8.42 Å². The lowest BCUT2D eigenvalue weighted by atomic mass is 10.1. The van der Waals surface area contributed by atoms with Crippen LogP contribution in [0.15, 0.2) is 24.3 Å². The summed E-state index contributed by atoms with van der Waals surface area (Å²) in [4.78, 5) is 12.0. The molecule has 1 unspecified atom stereocenters. The minimum absolute atomic E-state index is 0.00379. The Kier molecular flexibility index (Phi) is 6.40. The van der Waals surface area contributed by atoms with E-state index in [4.69, 9.17) is 5.11 Å². The van der Waals surface area contributed by atoms with Crippen LogP contribution in [-0.2, 0) is 9.84 Å². The van der Waals surface area contributed by atoms with E-state index in [-0.39, 0.29) is 18.3 Å². The highest BCUT2D eigenvalue weighted by Gasteiger charge is 2.14. The first-order valence-corrected chi connectivity index (χ1v) is 8.56. The van der Waals surface area contributed by atoms with E-state index in [9.17, 15) is 13.2 Å². The fraction of sp³-hybridized carbons (Fsp3) is 0.400. The van der Waals surface area contributed by atoms with E-state index in [0.29, 0.717) is 17.5 Å². The van der Waals surface area contributed by atoms with E-state index >= 15 is 0 Å². The maximum Gasteiger partial charge on any atom is 0.251 e. The van der Waals surface area contributed by atoms with Gasteiger partial charge in [0.1, 0.15) is 9.84 Å². The third-order valence-electron chi connectivity index (χ3n) is 2.52. The van der Waals surface area contributed by atoms with Crippen LogP contribution in [0.3, 0.4) is 0 Å². The Bertz CT molecular complexity index is 656. The van der Waals surface area contributed by atoms with Gasteiger partial charge in [0.05, 0.1) is 12.4 Å². The van der Waals surface area contributed by atoms with Crippen LogP contribution in [0.5, 0.6) is 0 Å². The second-order valence-electron chi connectivity index (χ2n) is 4.82. The zero-order valence-electron chi connectivity index (χ0n) is 12.1. The number of aliphatic hydroxyl groups excluding tert-OH is 1. The highest BCUT2D eigenvalue weighted by Crippen LogP contribution is 2.05. The summed E-state index contributed by atoms with van der Waals surface area (Å²) in [6.45, 7) is 1.64. The number of carbonyl (C=O) groups excluding carboxylic acids is 1. The van der Waals surface area contributed by atoms with E-state index < -0.39 is 15.9 Å². The molecule has 0 fully saturated rings. The van der Waals surface area contributed by atoms with Gasteiger partial charge in [-0.05, 0) is 25.1 Å². The number of rotatable bonds is 5. The molecule has 0 heterocycles. The molecule has 21 heavy (non-hydrogen) atoms. The zero-order chi connectivity index (χ0) is 15.9. The predicted molar refractivity (Wildman–Crippen MR) is 81.7 cm³/mol. The number of sulfone groups is 1. The van der Waals surface area contributed by atoms with Gasteiger partial charge in [0.15, 0.2) is 0 Å². The van der Waals surface area contributed by atoms with Crippen molar-refractivity contribution in [2.45, 2.75) is 19.4 Å². The molecule has 0 bridgehead atoms. The highest BCUT2D eigenvalue weighted by atomic mass is 32.2. The molecule has 0 aliphatic carbocycles. The van der Waals surface area contributed by atoms with Gasteiger partial charge in [-0.3, -0.25) is 4.79 Å². The van der Waals surface area contributed by atoms with Gasteiger partial charge in [0, 0.05) is 29.8 Å². The topological polar surface area (TPSA) is 83.5 Å². The Morgan fingerprint density at radius 3 is 2.76 bits per heavy atom. The number of aliphatic hydroxyl groups is 1. The standard InChI is InChI=1S/C15H19NO4S/c1-12(11-21(2,19)20)16-15(18)14-8-5-7-13(10-14)6-3-4-9-17/h5,7-8,10,12,17H,4,9,11H2,1-2H3,(H,16,18). The number of nitrogens with one attached hydrogen (secondary N) is 1. The van der Waals surface area contributed by atoms with Crippen LogP contribution in [0.1, 0.15) is 29.3 Å². The molecule has 1 amide bonds. The summed E-state index contributed by atoms with van der Waals surface area (Å²) in [5.41, 5.74) is 1.10. The van der Waals surface area contributed by atoms with Gasteiger partial charge in [-0.15, -0.1) is 0 Å². The van der Waals surface area contributed by atoms with Crippen molar-refractivity contribution in [1.29, 1.82) is 0 Å². The summed E-state index contributed by atoms with van der Waals surface area (Å²) in [6.07, 6.45) is 1.51. The molecule has 0 aromatic heterocycles. The van der Waals surface area contributed by atoms with Crippen molar-refractivity contribution in [3.63, 3.8) is 0 Å². The minimum atomic E-state index is -3.14. The smallest absolute Gasteiger partial charge is 0.251 e. The Morgan fingerprint density at radius 1 is 1.43 bits per heavy atom. The summed E-state index contributed by atoms with van der Waals surface area (Å²) in [6, 6.07) is 6.28. The molecule has 1 atom stereocenters. The summed E-state index contributed by atoms with van der Waals surface area (Å²) in [5.74, 6) is 5.19. The van der Waals surface area contributed by atoms with Gasteiger partial charge in [0.25, 0.3) is 5.91 Å². The molecule has 5 nitrogen and oxygen atoms in total. The maximum atomic E-state index is 12.0. The largest absolute Gasteiger partial charge is 0.395 e. The molecule has 1 aromatic rings. The second kappa shape index (κ2) is 7.81. The molecule has 0 aliphatic rings. The van der Waals surface area contributed by atoms with Crippen LogP contribution in [0.4, 0.5) is 0 Å². The molecule has 1 rings (SSSR count). The number of carbonyl (C=O) groups is 1. The average Bonchev–Trinajstić information content (AvgIpc) is 2.37. The summed E-state index contributed by atoms with van der Waals surface area (Å²) in [7, 11) is -3.14. The monoisotopic (exact) mass is 309 g/mol. The minimum Gasteiger partial charge on any atom is -0.395 e. The number of amides is 1. The Labute approximate surface area is 125 Å². The van der Waals surface area contributed by atoms with Crippen molar-refractivity contribution < 1.29 is 18.3 Å². The van der Waals surface area contributed by atoms with E-state index in [1.165, 1.54) is 0 Å². The quantitative estimate of drug-likeness (QED) is 0.780. The highest BCUT2D eigenvalue weighted by molar-refractivity contribution is 7.90. The Balaban J connectivity index is 2.75. The van der Waals surface area contributed by atoms with E-state index in [2.05, 4.69) is 17.2 Å². The third-order valence-corrected chi connectivity index (χ3v) is 3.63. The van der Waals surface area contributed by atoms with Crippen molar-refractivity contribution in [2.24, 2.45) is 0 Å². The fourth-order valence-electron chi connectivity index (χ4n) is 1.76. The fourth-order valence-corrected chi connectivity index (χ4v) is 2.75. The molecule has 0 saturated carbocycles. The first kappa shape index (κ1) is 17.2. The van der Waals surface area contributed by atoms with Crippen molar-refractivity contribution in [2.75, 3.05) is 18.6 Å². The van der Waals surface area contributed by atoms with Crippen LogP contribution < -0.4 is 5.32 Å². The van der Waals surface area contributed by atoms with E-state index in [0.717, 1.165) is 6.26 Å². The first-order valence-electron chi connectivity index (χ1n) is 6.50. The lowest BCUT2D eigenvalue weighted by molar-refractivity contribution is 0.0943. The first-order chi connectivity index (χ1) is 9.81. The van der Waals surface area contributed by atoms with Gasteiger partial charge in [-0.2, -0.15) is 0 Å². The molecule has 2 N–H and O–H groups in total. The van der Waals surface area contributed by atoms with E-state index in [1.807, 2.05) is 0 Å². The SMILES string of the molecule is CC(CS(C)(=O)=O)NC(=O)c1cccc(C#CCCO)c1. The predicted octanol–water partition coefficient (Wildman–Crippen LogP) is 0.583. The molecular weight excluding hydrogens is 290 g/mol. The third kappa shape index (κ3) is 6.93. The van der Waals surface area contributed by atoms with Crippen LogP contribution in [-0.4, -0.2) is 44.1 Å². The van der Waals surface area contributed by atoms with Crippen molar-refractivity contribution in [3.8, 4) is 11.8 Å². The molecule has 1 aromatic carbocycles. The number of hydrogen-bond donors (Lipinski definition) is 2. The summed E-state index contributed by atoms with van der Waals surface area (Å²) >= 11 is 0. The molecule has 0 saturated heterocycles. The number of benzene rings is 1.